The first kappa shape index (κ1) is 17.5. The molecule has 25 heavy (non-hydrogen) atoms. The minimum atomic E-state index is 0.0261. The van der Waals surface area contributed by atoms with Gasteiger partial charge in [-0.1, -0.05) is 29.8 Å². The van der Waals surface area contributed by atoms with E-state index in [0.717, 1.165) is 21.7 Å². The van der Waals surface area contributed by atoms with E-state index in [2.05, 4.69) is 41.5 Å². The molecule has 0 aliphatic rings. The first-order valence-electron chi connectivity index (χ1n) is 8.44. The zero-order valence-electron chi connectivity index (χ0n) is 14.8. The van der Waals surface area contributed by atoms with Crippen molar-refractivity contribution in [3.05, 3.63) is 59.9 Å². The highest BCUT2D eigenvalue weighted by molar-refractivity contribution is 7.98. The first-order valence-corrected chi connectivity index (χ1v) is 9.43. The van der Waals surface area contributed by atoms with Gasteiger partial charge in [0.15, 0.2) is 0 Å². The predicted octanol–water partition coefficient (Wildman–Crippen LogP) is 4.16. The quantitative estimate of drug-likeness (QED) is 0.677. The number of rotatable bonds is 6. The number of aryl methyl sites for hydroxylation is 1. The predicted molar refractivity (Wildman–Crippen MR) is 104 cm³/mol. The monoisotopic (exact) mass is 353 g/mol. The first-order chi connectivity index (χ1) is 12.0. The van der Waals surface area contributed by atoms with Crippen molar-refractivity contribution in [3.63, 3.8) is 0 Å². The van der Waals surface area contributed by atoms with E-state index in [4.69, 9.17) is 0 Å². The Morgan fingerprint density at radius 2 is 1.96 bits per heavy atom. The smallest absolute Gasteiger partial charge is 0.240 e. The van der Waals surface area contributed by atoms with Crippen molar-refractivity contribution < 1.29 is 4.79 Å². The van der Waals surface area contributed by atoms with E-state index >= 15 is 0 Å². The van der Waals surface area contributed by atoms with Crippen LogP contribution < -0.4 is 5.32 Å². The number of nitrogens with one attached hydrogen (secondary N) is 1. The summed E-state index contributed by atoms with van der Waals surface area (Å²) in [6.45, 7) is 6.36. The van der Waals surface area contributed by atoms with E-state index in [1.54, 1.807) is 11.8 Å². The number of hydrogen-bond acceptors (Lipinski definition) is 3. The molecule has 2 aromatic heterocycles. The molecule has 1 amide bonds. The van der Waals surface area contributed by atoms with Crippen molar-refractivity contribution >= 4 is 28.6 Å². The Balaban J connectivity index is 1.76. The topological polar surface area (TPSA) is 46.9 Å². The van der Waals surface area contributed by atoms with Crippen LogP contribution in [0.3, 0.4) is 0 Å². The number of carbonyl (C=O) groups is 1. The minimum absolute atomic E-state index is 0.0261. The van der Waals surface area contributed by atoms with Crippen LogP contribution in [0.2, 0.25) is 0 Å². The molecule has 0 aliphatic heterocycles. The second-order valence-electron chi connectivity index (χ2n) is 6.49. The number of thioether (sulfide) groups is 1. The molecule has 5 heteroatoms. The average molecular weight is 353 g/mol. The Hall–Kier alpha value is -2.27. The van der Waals surface area contributed by atoms with Gasteiger partial charge in [0.05, 0.1) is 5.52 Å². The maximum atomic E-state index is 12.0. The van der Waals surface area contributed by atoms with Crippen LogP contribution in [-0.4, -0.2) is 21.5 Å². The third kappa shape index (κ3) is 4.42. The number of fused-ring (bicyclic) bond motifs is 1. The normalized spacial score (nSPS) is 11.2. The van der Waals surface area contributed by atoms with Gasteiger partial charge in [-0.25, -0.2) is 4.98 Å². The SMILES string of the molecule is Cc1ccc(CSc2nccc3c2ccn3CC(=O)NC(C)C)cc1. The van der Waals surface area contributed by atoms with E-state index in [0.29, 0.717) is 6.54 Å². The minimum Gasteiger partial charge on any atom is -0.352 e. The zero-order chi connectivity index (χ0) is 17.8. The molecule has 0 unspecified atom stereocenters. The van der Waals surface area contributed by atoms with E-state index in [1.807, 2.05) is 42.9 Å². The second-order valence-corrected chi connectivity index (χ2v) is 7.45. The number of aromatic nitrogens is 2. The molecular weight excluding hydrogens is 330 g/mol. The van der Waals surface area contributed by atoms with Crippen LogP contribution in [0.25, 0.3) is 10.9 Å². The van der Waals surface area contributed by atoms with Crippen LogP contribution in [0.5, 0.6) is 0 Å². The van der Waals surface area contributed by atoms with Crippen LogP contribution in [-0.2, 0) is 17.1 Å². The highest BCUT2D eigenvalue weighted by Gasteiger charge is 2.11. The van der Waals surface area contributed by atoms with Crippen molar-refractivity contribution in [1.29, 1.82) is 0 Å². The molecule has 4 nitrogen and oxygen atoms in total. The summed E-state index contributed by atoms with van der Waals surface area (Å²) in [5.41, 5.74) is 3.59. The molecule has 130 valence electrons. The van der Waals surface area contributed by atoms with Gasteiger partial charge in [0.2, 0.25) is 5.91 Å². The van der Waals surface area contributed by atoms with Crippen molar-refractivity contribution in [1.82, 2.24) is 14.9 Å². The zero-order valence-corrected chi connectivity index (χ0v) is 15.6. The number of hydrogen-bond donors (Lipinski definition) is 1. The van der Waals surface area contributed by atoms with Crippen LogP contribution in [0, 0.1) is 6.92 Å². The van der Waals surface area contributed by atoms with E-state index < -0.39 is 0 Å². The van der Waals surface area contributed by atoms with Crippen LogP contribution in [0.4, 0.5) is 0 Å². The summed E-state index contributed by atoms with van der Waals surface area (Å²) >= 11 is 1.73. The Morgan fingerprint density at radius 1 is 1.20 bits per heavy atom. The molecule has 0 saturated heterocycles. The van der Waals surface area contributed by atoms with Gasteiger partial charge < -0.3 is 9.88 Å². The van der Waals surface area contributed by atoms with Gasteiger partial charge in [-0.3, -0.25) is 4.79 Å². The van der Waals surface area contributed by atoms with Crippen molar-refractivity contribution in [3.8, 4) is 0 Å². The Morgan fingerprint density at radius 3 is 2.68 bits per heavy atom. The Labute approximate surface area is 152 Å². The molecular formula is C20H23N3OS. The third-order valence-corrected chi connectivity index (χ3v) is 5.00. The Kier molecular flexibility index (Phi) is 5.43. The van der Waals surface area contributed by atoms with E-state index in [-0.39, 0.29) is 11.9 Å². The lowest BCUT2D eigenvalue weighted by molar-refractivity contribution is -0.122. The summed E-state index contributed by atoms with van der Waals surface area (Å²) in [7, 11) is 0. The number of carbonyl (C=O) groups excluding carboxylic acids is 1. The molecule has 0 radical (unpaired) electrons. The van der Waals surface area contributed by atoms with E-state index in [1.165, 1.54) is 11.1 Å². The van der Waals surface area contributed by atoms with Crippen LogP contribution in [0.1, 0.15) is 25.0 Å². The summed E-state index contributed by atoms with van der Waals surface area (Å²) in [6, 6.07) is 12.7. The maximum Gasteiger partial charge on any atom is 0.240 e. The van der Waals surface area contributed by atoms with Gasteiger partial charge in [0.1, 0.15) is 11.6 Å². The lowest BCUT2D eigenvalue weighted by Crippen LogP contribution is -2.32. The highest BCUT2D eigenvalue weighted by Crippen LogP contribution is 2.29. The fraction of sp³-hybridized carbons (Fsp3) is 0.300. The van der Waals surface area contributed by atoms with Gasteiger partial charge in [0, 0.05) is 29.6 Å². The van der Waals surface area contributed by atoms with Crippen LogP contribution >= 0.6 is 11.8 Å². The Bertz CT molecular complexity index is 868. The molecule has 0 saturated carbocycles. The summed E-state index contributed by atoms with van der Waals surface area (Å²) in [4.78, 5) is 16.6. The van der Waals surface area contributed by atoms with Gasteiger partial charge >= 0.3 is 0 Å². The molecule has 0 spiro atoms. The van der Waals surface area contributed by atoms with Gasteiger partial charge in [-0.2, -0.15) is 0 Å². The standard InChI is InChI=1S/C20H23N3OS/c1-14(2)22-19(24)12-23-11-9-17-18(23)8-10-21-20(17)25-13-16-6-4-15(3)5-7-16/h4-11,14H,12-13H2,1-3H3,(H,22,24). The largest absolute Gasteiger partial charge is 0.352 e. The lowest BCUT2D eigenvalue weighted by atomic mass is 10.2. The molecule has 0 bridgehead atoms. The number of nitrogens with zero attached hydrogens (tertiary/aromatic N) is 2. The number of amides is 1. The van der Waals surface area contributed by atoms with Crippen molar-refractivity contribution in [2.24, 2.45) is 0 Å². The highest BCUT2D eigenvalue weighted by atomic mass is 32.2. The molecule has 0 aliphatic carbocycles. The fourth-order valence-electron chi connectivity index (χ4n) is 2.71. The van der Waals surface area contributed by atoms with E-state index in [9.17, 15) is 4.79 Å². The fourth-order valence-corrected chi connectivity index (χ4v) is 3.67. The summed E-state index contributed by atoms with van der Waals surface area (Å²) in [6.07, 6.45) is 3.78. The van der Waals surface area contributed by atoms with Crippen LogP contribution in [0.15, 0.2) is 53.8 Å². The summed E-state index contributed by atoms with van der Waals surface area (Å²) in [5, 5.41) is 5.03. The molecule has 0 atom stereocenters. The molecule has 0 fully saturated rings. The van der Waals surface area contributed by atoms with Gasteiger partial charge in [-0.15, -0.1) is 11.8 Å². The molecule has 2 heterocycles. The molecule has 3 rings (SSSR count). The van der Waals surface area contributed by atoms with Gasteiger partial charge in [-0.05, 0) is 38.5 Å². The number of benzene rings is 1. The third-order valence-electron chi connectivity index (χ3n) is 3.92. The van der Waals surface area contributed by atoms with Crippen molar-refractivity contribution in [2.75, 3.05) is 0 Å². The molecule has 3 aromatic rings. The number of pyridine rings is 1. The maximum absolute atomic E-state index is 12.0. The molecule has 1 aromatic carbocycles. The summed E-state index contributed by atoms with van der Waals surface area (Å²) in [5.74, 6) is 0.906. The molecule has 1 N–H and O–H groups in total. The van der Waals surface area contributed by atoms with Gasteiger partial charge in [0.25, 0.3) is 0 Å². The van der Waals surface area contributed by atoms with Crippen molar-refractivity contribution in [2.45, 2.75) is 44.1 Å². The average Bonchev–Trinajstić information content (AvgIpc) is 2.97. The lowest BCUT2D eigenvalue weighted by Gasteiger charge is -2.10. The summed E-state index contributed by atoms with van der Waals surface area (Å²) < 4.78 is 1.98. The second kappa shape index (κ2) is 7.74.